The molecule has 0 radical (unpaired) electrons. The van der Waals surface area contributed by atoms with Crippen molar-refractivity contribution in [3.63, 3.8) is 0 Å². The first-order valence-electron chi connectivity index (χ1n) is 5.83. The second kappa shape index (κ2) is 4.42. The fraction of sp³-hybridized carbons (Fsp3) is 0.0714. The summed E-state index contributed by atoms with van der Waals surface area (Å²) >= 11 is 0. The van der Waals surface area contributed by atoms with Crippen molar-refractivity contribution in [1.82, 2.24) is 14.5 Å². The van der Waals surface area contributed by atoms with E-state index in [9.17, 15) is 0 Å². The first kappa shape index (κ1) is 11.2. The van der Waals surface area contributed by atoms with Crippen LogP contribution in [0, 0.1) is 11.3 Å². The third-order valence-corrected chi connectivity index (χ3v) is 3.04. The van der Waals surface area contributed by atoms with E-state index in [0.29, 0.717) is 18.1 Å². The quantitative estimate of drug-likeness (QED) is 0.704. The minimum Gasteiger partial charge on any atom is -0.398 e. The maximum absolute atomic E-state index is 8.97. The van der Waals surface area contributed by atoms with Crippen LogP contribution in [-0.2, 0) is 6.54 Å². The highest BCUT2D eigenvalue weighted by atomic mass is 15.1. The number of hydrogen-bond acceptors (Lipinski definition) is 4. The highest BCUT2D eigenvalue weighted by molar-refractivity contribution is 5.92. The van der Waals surface area contributed by atoms with E-state index < -0.39 is 0 Å². The van der Waals surface area contributed by atoms with Crippen LogP contribution in [0.5, 0.6) is 0 Å². The Balaban J connectivity index is 2.12. The van der Waals surface area contributed by atoms with Crippen LogP contribution in [0.3, 0.4) is 0 Å². The van der Waals surface area contributed by atoms with Gasteiger partial charge >= 0.3 is 0 Å². The summed E-state index contributed by atoms with van der Waals surface area (Å²) in [6.45, 7) is 0.552. The molecule has 0 atom stereocenters. The molecule has 0 saturated carbocycles. The highest BCUT2D eigenvalue weighted by Crippen LogP contribution is 2.23. The summed E-state index contributed by atoms with van der Waals surface area (Å²) in [4.78, 5) is 8.37. The number of nitrogens with two attached hydrogens (primary N) is 1. The topological polar surface area (TPSA) is 80.5 Å². The molecule has 5 heteroatoms. The van der Waals surface area contributed by atoms with Gasteiger partial charge in [-0.1, -0.05) is 6.07 Å². The van der Waals surface area contributed by atoms with E-state index in [1.54, 1.807) is 23.2 Å². The molecule has 5 nitrogen and oxygen atoms in total. The molecule has 0 aliphatic heterocycles. The average molecular weight is 249 g/mol. The van der Waals surface area contributed by atoms with Crippen molar-refractivity contribution >= 4 is 16.6 Å². The Labute approximate surface area is 109 Å². The molecule has 3 aromatic rings. The number of aromatic nitrogens is 3. The molecule has 0 bridgehead atoms. The molecular formula is C14H11N5. The zero-order valence-corrected chi connectivity index (χ0v) is 10.1. The van der Waals surface area contributed by atoms with E-state index in [4.69, 9.17) is 11.0 Å². The molecule has 92 valence electrons. The molecule has 0 saturated heterocycles. The van der Waals surface area contributed by atoms with E-state index in [2.05, 4.69) is 16.0 Å². The van der Waals surface area contributed by atoms with Gasteiger partial charge < -0.3 is 10.3 Å². The van der Waals surface area contributed by atoms with Gasteiger partial charge in [-0.3, -0.25) is 4.98 Å². The van der Waals surface area contributed by atoms with Gasteiger partial charge in [0.25, 0.3) is 0 Å². The molecule has 2 heterocycles. The number of anilines is 1. The van der Waals surface area contributed by atoms with E-state index in [1.165, 1.54) is 0 Å². The van der Waals surface area contributed by atoms with Crippen molar-refractivity contribution in [3.05, 3.63) is 54.2 Å². The van der Waals surface area contributed by atoms with Gasteiger partial charge in [-0.15, -0.1) is 0 Å². The predicted octanol–water partition coefficient (Wildman–Crippen LogP) is 1.93. The number of nitrogen functional groups attached to an aromatic ring is 1. The van der Waals surface area contributed by atoms with Gasteiger partial charge in [-0.2, -0.15) is 5.26 Å². The summed E-state index contributed by atoms with van der Waals surface area (Å²) in [5.74, 6) is 0.390. The SMILES string of the molecule is N#Cc1nccn1Cc1ccc(N)c2cccnc12. The lowest BCUT2D eigenvalue weighted by Crippen LogP contribution is -2.03. The summed E-state index contributed by atoms with van der Waals surface area (Å²) < 4.78 is 1.79. The Kier molecular flexibility index (Phi) is 2.62. The lowest BCUT2D eigenvalue weighted by atomic mass is 10.1. The van der Waals surface area contributed by atoms with Crippen molar-refractivity contribution < 1.29 is 0 Å². The van der Waals surface area contributed by atoms with Crippen molar-refractivity contribution in [2.75, 3.05) is 5.73 Å². The lowest BCUT2D eigenvalue weighted by molar-refractivity contribution is 0.786. The molecule has 3 rings (SSSR count). The van der Waals surface area contributed by atoms with Crippen molar-refractivity contribution in [2.45, 2.75) is 6.54 Å². The van der Waals surface area contributed by atoms with Gasteiger partial charge in [-0.05, 0) is 23.8 Å². The summed E-state index contributed by atoms with van der Waals surface area (Å²) in [6, 6.07) is 9.67. The molecule has 0 amide bonds. The Morgan fingerprint density at radius 3 is 2.95 bits per heavy atom. The first-order chi connectivity index (χ1) is 9.29. The third-order valence-electron chi connectivity index (χ3n) is 3.04. The van der Waals surface area contributed by atoms with Crippen LogP contribution in [0.25, 0.3) is 10.9 Å². The summed E-state index contributed by atoms with van der Waals surface area (Å²) in [7, 11) is 0. The van der Waals surface area contributed by atoms with Crippen LogP contribution in [-0.4, -0.2) is 14.5 Å². The Bertz CT molecular complexity index is 782. The number of benzene rings is 1. The first-order valence-corrected chi connectivity index (χ1v) is 5.83. The molecule has 2 N–H and O–H groups in total. The van der Waals surface area contributed by atoms with Crippen LogP contribution < -0.4 is 5.73 Å². The fourth-order valence-electron chi connectivity index (χ4n) is 2.11. The van der Waals surface area contributed by atoms with Crippen molar-refractivity contribution in [2.24, 2.45) is 0 Å². The summed E-state index contributed by atoms with van der Waals surface area (Å²) in [5.41, 5.74) is 8.52. The smallest absolute Gasteiger partial charge is 0.213 e. The molecule has 19 heavy (non-hydrogen) atoms. The summed E-state index contributed by atoms with van der Waals surface area (Å²) in [6.07, 6.45) is 5.14. The number of pyridine rings is 1. The maximum Gasteiger partial charge on any atom is 0.213 e. The van der Waals surface area contributed by atoms with Crippen LogP contribution >= 0.6 is 0 Å². The minimum atomic E-state index is 0.390. The zero-order valence-electron chi connectivity index (χ0n) is 10.1. The van der Waals surface area contributed by atoms with Gasteiger partial charge in [0, 0.05) is 29.7 Å². The predicted molar refractivity (Wildman–Crippen MR) is 72.2 cm³/mol. The number of hydrogen-bond donors (Lipinski definition) is 1. The normalized spacial score (nSPS) is 10.5. The standard InChI is InChI=1S/C14H11N5/c15-8-13-17-6-7-19(13)9-10-3-4-12(16)11-2-1-5-18-14(10)11/h1-7H,9,16H2. The zero-order chi connectivity index (χ0) is 13.2. The fourth-order valence-corrected chi connectivity index (χ4v) is 2.11. The molecule has 0 spiro atoms. The van der Waals surface area contributed by atoms with Crippen LogP contribution in [0.2, 0.25) is 0 Å². The van der Waals surface area contributed by atoms with Gasteiger partial charge in [0.2, 0.25) is 5.82 Å². The highest BCUT2D eigenvalue weighted by Gasteiger charge is 2.08. The molecular weight excluding hydrogens is 238 g/mol. The van der Waals surface area contributed by atoms with Crippen molar-refractivity contribution in [1.29, 1.82) is 5.26 Å². The van der Waals surface area contributed by atoms with Gasteiger partial charge in [-0.25, -0.2) is 4.98 Å². The molecule has 0 fully saturated rings. The van der Waals surface area contributed by atoms with E-state index in [1.807, 2.05) is 24.3 Å². The summed E-state index contributed by atoms with van der Waals surface area (Å²) in [5, 5.41) is 9.90. The van der Waals surface area contributed by atoms with Crippen LogP contribution in [0.4, 0.5) is 5.69 Å². The Morgan fingerprint density at radius 1 is 1.21 bits per heavy atom. The number of fused-ring (bicyclic) bond motifs is 1. The molecule has 0 unspecified atom stereocenters. The van der Waals surface area contributed by atoms with E-state index in [0.717, 1.165) is 16.5 Å². The largest absolute Gasteiger partial charge is 0.398 e. The number of rotatable bonds is 2. The van der Waals surface area contributed by atoms with Gasteiger partial charge in [0.1, 0.15) is 6.07 Å². The third kappa shape index (κ3) is 1.89. The minimum absolute atomic E-state index is 0.390. The average Bonchev–Trinajstić information content (AvgIpc) is 2.89. The molecule has 1 aromatic carbocycles. The van der Waals surface area contributed by atoms with Crippen molar-refractivity contribution in [3.8, 4) is 6.07 Å². The monoisotopic (exact) mass is 249 g/mol. The Hall–Kier alpha value is -2.87. The second-order valence-electron chi connectivity index (χ2n) is 4.20. The molecule has 2 aromatic heterocycles. The van der Waals surface area contributed by atoms with E-state index in [-0.39, 0.29) is 0 Å². The van der Waals surface area contributed by atoms with Gasteiger partial charge in [0.05, 0.1) is 12.1 Å². The van der Waals surface area contributed by atoms with E-state index >= 15 is 0 Å². The molecule has 0 aliphatic carbocycles. The number of imidazole rings is 1. The second-order valence-corrected chi connectivity index (χ2v) is 4.20. The van der Waals surface area contributed by atoms with Crippen LogP contribution in [0.15, 0.2) is 42.9 Å². The molecule has 0 aliphatic rings. The number of nitrogens with zero attached hydrogens (tertiary/aromatic N) is 4. The lowest BCUT2D eigenvalue weighted by Gasteiger charge is -2.09. The number of nitriles is 1. The van der Waals surface area contributed by atoms with Gasteiger partial charge in [0.15, 0.2) is 0 Å². The Morgan fingerprint density at radius 2 is 2.11 bits per heavy atom. The maximum atomic E-state index is 8.97. The van der Waals surface area contributed by atoms with Crippen LogP contribution in [0.1, 0.15) is 11.4 Å².